The minimum Gasteiger partial charge on any atom is -0.330 e. The lowest BCUT2D eigenvalue weighted by molar-refractivity contribution is 0.162. The van der Waals surface area contributed by atoms with Gasteiger partial charge in [0.1, 0.15) is 5.82 Å². The van der Waals surface area contributed by atoms with Crippen LogP contribution in [0.4, 0.5) is 0 Å². The molecule has 0 radical (unpaired) electrons. The molecule has 1 aromatic heterocycles. The average molecular weight is 262 g/mol. The lowest BCUT2D eigenvalue weighted by Gasteiger charge is -2.36. The Labute approximate surface area is 116 Å². The van der Waals surface area contributed by atoms with Gasteiger partial charge in [-0.05, 0) is 46.1 Å². The number of fused-ring (bicyclic) bond motifs is 1. The standard InChI is InChI=1S/C15H26N4/c1-11(2)18-7-3-4-12(9-18)15-17-8-14-6-5-13(16)10-19(14)15/h8,11-13H,3-7,9-10,16H2,1-2H3. The minimum absolute atomic E-state index is 0.310. The molecule has 1 saturated heterocycles. The van der Waals surface area contributed by atoms with Gasteiger partial charge >= 0.3 is 0 Å². The Balaban J connectivity index is 1.80. The van der Waals surface area contributed by atoms with Gasteiger partial charge in [0.2, 0.25) is 0 Å². The molecule has 3 heterocycles. The normalized spacial score (nSPS) is 28.6. The molecule has 106 valence electrons. The fourth-order valence-electron chi connectivity index (χ4n) is 3.51. The van der Waals surface area contributed by atoms with Gasteiger partial charge in [-0.25, -0.2) is 4.98 Å². The summed E-state index contributed by atoms with van der Waals surface area (Å²) in [4.78, 5) is 7.31. The van der Waals surface area contributed by atoms with Crippen molar-refractivity contribution in [1.82, 2.24) is 14.5 Å². The first kappa shape index (κ1) is 13.1. The first-order valence-electron chi connectivity index (χ1n) is 7.69. The van der Waals surface area contributed by atoms with Crippen molar-refractivity contribution in [2.75, 3.05) is 13.1 Å². The van der Waals surface area contributed by atoms with Crippen molar-refractivity contribution in [2.45, 2.75) is 64.1 Å². The average Bonchev–Trinajstić information content (AvgIpc) is 2.81. The van der Waals surface area contributed by atoms with Crippen LogP contribution in [0.1, 0.15) is 50.5 Å². The molecule has 3 rings (SSSR count). The number of hydrogen-bond acceptors (Lipinski definition) is 3. The van der Waals surface area contributed by atoms with E-state index in [1.807, 2.05) is 0 Å². The van der Waals surface area contributed by atoms with E-state index in [1.54, 1.807) is 0 Å². The number of imidazole rings is 1. The number of likely N-dealkylation sites (tertiary alicyclic amines) is 1. The third-order valence-corrected chi connectivity index (χ3v) is 4.71. The molecule has 2 atom stereocenters. The number of nitrogens with two attached hydrogens (primary N) is 1. The molecule has 0 bridgehead atoms. The maximum absolute atomic E-state index is 6.12. The van der Waals surface area contributed by atoms with Crippen molar-refractivity contribution in [3.8, 4) is 0 Å². The number of rotatable bonds is 2. The number of nitrogens with zero attached hydrogens (tertiary/aromatic N) is 3. The van der Waals surface area contributed by atoms with E-state index in [4.69, 9.17) is 10.7 Å². The van der Waals surface area contributed by atoms with Crippen LogP contribution in [0.15, 0.2) is 6.20 Å². The summed E-state index contributed by atoms with van der Waals surface area (Å²) in [6, 6.07) is 0.950. The molecule has 1 fully saturated rings. The van der Waals surface area contributed by atoms with E-state index in [9.17, 15) is 0 Å². The highest BCUT2D eigenvalue weighted by Gasteiger charge is 2.28. The summed E-state index contributed by atoms with van der Waals surface area (Å²) in [6.45, 7) is 7.94. The fourth-order valence-corrected chi connectivity index (χ4v) is 3.51. The van der Waals surface area contributed by atoms with Crippen molar-refractivity contribution in [3.63, 3.8) is 0 Å². The molecule has 2 aliphatic heterocycles. The smallest absolute Gasteiger partial charge is 0.113 e. The molecular formula is C15H26N4. The Hall–Kier alpha value is -0.870. The molecule has 2 unspecified atom stereocenters. The monoisotopic (exact) mass is 262 g/mol. The molecule has 1 aromatic rings. The second-order valence-electron chi connectivity index (χ2n) is 6.44. The van der Waals surface area contributed by atoms with Crippen LogP contribution in [0.25, 0.3) is 0 Å². The van der Waals surface area contributed by atoms with E-state index in [-0.39, 0.29) is 0 Å². The Kier molecular flexibility index (Phi) is 3.63. The van der Waals surface area contributed by atoms with Gasteiger partial charge < -0.3 is 15.2 Å². The maximum atomic E-state index is 6.12. The van der Waals surface area contributed by atoms with E-state index in [1.165, 1.54) is 30.9 Å². The Bertz CT molecular complexity index is 437. The molecule has 2 N–H and O–H groups in total. The topological polar surface area (TPSA) is 47.1 Å². The third-order valence-electron chi connectivity index (χ3n) is 4.71. The molecule has 4 nitrogen and oxygen atoms in total. The van der Waals surface area contributed by atoms with E-state index >= 15 is 0 Å². The lowest BCUT2D eigenvalue weighted by atomic mass is 9.95. The highest BCUT2D eigenvalue weighted by Crippen LogP contribution is 2.29. The zero-order chi connectivity index (χ0) is 13.4. The summed E-state index contributed by atoms with van der Waals surface area (Å²) >= 11 is 0. The van der Waals surface area contributed by atoms with Gasteiger partial charge in [0.15, 0.2) is 0 Å². The number of aromatic nitrogens is 2. The van der Waals surface area contributed by atoms with Crippen molar-refractivity contribution in [1.29, 1.82) is 0 Å². The summed E-state index contributed by atoms with van der Waals surface area (Å²) < 4.78 is 2.41. The zero-order valence-electron chi connectivity index (χ0n) is 12.2. The maximum Gasteiger partial charge on any atom is 0.113 e. The highest BCUT2D eigenvalue weighted by atomic mass is 15.2. The van der Waals surface area contributed by atoms with Crippen LogP contribution < -0.4 is 5.73 Å². The van der Waals surface area contributed by atoms with Crippen LogP contribution in [0, 0.1) is 0 Å². The summed E-state index contributed by atoms with van der Waals surface area (Å²) in [5, 5.41) is 0. The summed E-state index contributed by atoms with van der Waals surface area (Å²) in [5.74, 6) is 1.88. The molecule has 19 heavy (non-hydrogen) atoms. The van der Waals surface area contributed by atoms with E-state index in [0.717, 1.165) is 25.9 Å². The first-order valence-corrected chi connectivity index (χ1v) is 7.69. The quantitative estimate of drug-likeness (QED) is 0.883. The van der Waals surface area contributed by atoms with Crippen LogP contribution in [-0.4, -0.2) is 39.6 Å². The van der Waals surface area contributed by atoms with Crippen LogP contribution in [0.3, 0.4) is 0 Å². The molecule has 2 aliphatic rings. The van der Waals surface area contributed by atoms with Gasteiger partial charge in [0, 0.05) is 43.0 Å². The Morgan fingerprint density at radius 2 is 2.16 bits per heavy atom. The fraction of sp³-hybridized carbons (Fsp3) is 0.800. The van der Waals surface area contributed by atoms with Gasteiger partial charge in [-0.3, -0.25) is 0 Å². The molecule has 0 saturated carbocycles. The van der Waals surface area contributed by atoms with Crippen molar-refractivity contribution >= 4 is 0 Å². The van der Waals surface area contributed by atoms with Crippen LogP contribution in [-0.2, 0) is 13.0 Å². The van der Waals surface area contributed by atoms with Gasteiger partial charge in [-0.15, -0.1) is 0 Å². The van der Waals surface area contributed by atoms with Crippen LogP contribution in [0.2, 0.25) is 0 Å². The minimum atomic E-state index is 0.310. The summed E-state index contributed by atoms with van der Waals surface area (Å²) in [7, 11) is 0. The third kappa shape index (κ3) is 2.56. The SMILES string of the molecule is CC(C)N1CCCC(c2ncc3n2CC(N)CC3)C1. The highest BCUT2D eigenvalue weighted by molar-refractivity contribution is 5.13. The van der Waals surface area contributed by atoms with Gasteiger partial charge in [-0.1, -0.05) is 0 Å². The van der Waals surface area contributed by atoms with Gasteiger partial charge in [-0.2, -0.15) is 0 Å². The van der Waals surface area contributed by atoms with Crippen molar-refractivity contribution < 1.29 is 0 Å². The molecular weight excluding hydrogens is 236 g/mol. The molecule has 0 spiro atoms. The van der Waals surface area contributed by atoms with Crippen LogP contribution >= 0.6 is 0 Å². The van der Waals surface area contributed by atoms with Gasteiger partial charge in [0.25, 0.3) is 0 Å². The van der Waals surface area contributed by atoms with Crippen molar-refractivity contribution in [3.05, 3.63) is 17.7 Å². The summed E-state index contributed by atoms with van der Waals surface area (Å²) in [5.41, 5.74) is 7.51. The first-order chi connectivity index (χ1) is 9.15. The molecule has 4 heteroatoms. The Morgan fingerprint density at radius 3 is 2.95 bits per heavy atom. The molecule has 0 aliphatic carbocycles. The van der Waals surface area contributed by atoms with E-state index < -0.39 is 0 Å². The predicted molar refractivity (Wildman–Crippen MR) is 77.2 cm³/mol. The lowest BCUT2D eigenvalue weighted by Crippen LogP contribution is -2.40. The zero-order valence-corrected chi connectivity index (χ0v) is 12.2. The van der Waals surface area contributed by atoms with Crippen molar-refractivity contribution in [2.24, 2.45) is 5.73 Å². The number of aryl methyl sites for hydroxylation is 1. The molecule has 0 aromatic carbocycles. The van der Waals surface area contributed by atoms with Crippen LogP contribution in [0.5, 0.6) is 0 Å². The summed E-state index contributed by atoms with van der Waals surface area (Å²) in [6.07, 6.45) is 6.84. The Morgan fingerprint density at radius 1 is 1.32 bits per heavy atom. The predicted octanol–water partition coefficient (Wildman–Crippen LogP) is 1.74. The number of hydrogen-bond donors (Lipinski definition) is 1. The second-order valence-corrected chi connectivity index (χ2v) is 6.44. The van der Waals surface area contributed by atoms with E-state index in [0.29, 0.717) is 18.0 Å². The second kappa shape index (κ2) is 5.25. The van der Waals surface area contributed by atoms with Gasteiger partial charge in [0.05, 0.1) is 0 Å². The largest absolute Gasteiger partial charge is 0.330 e. The number of piperidine rings is 1. The van der Waals surface area contributed by atoms with E-state index in [2.05, 4.69) is 29.5 Å². The molecule has 0 amide bonds.